The van der Waals surface area contributed by atoms with Crippen LogP contribution in [0.3, 0.4) is 0 Å². The summed E-state index contributed by atoms with van der Waals surface area (Å²) in [5.74, 6) is 1.57. The number of alkyl halides is 1. The summed E-state index contributed by atoms with van der Waals surface area (Å²) in [5, 5.41) is 5.72. The first-order valence-corrected chi connectivity index (χ1v) is 14.8. The summed E-state index contributed by atoms with van der Waals surface area (Å²) < 4.78 is 26.8. The Bertz CT molecular complexity index is 1870. The molecule has 1 aliphatic carbocycles. The molecule has 1 amide bonds. The monoisotopic (exact) mass is 579 g/mol. The fraction of sp³-hybridized carbons (Fsp3) is 0.406. The maximum atomic E-state index is 14.5. The molecular weight excluding hydrogens is 544 g/mol. The highest BCUT2D eigenvalue weighted by molar-refractivity contribution is 6.15. The van der Waals surface area contributed by atoms with Crippen molar-refractivity contribution in [3.63, 3.8) is 0 Å². The Kier molecular flexibility index (Phi) is 6.61. The number of carbonyl (C=O) groups excluding carboxylic acids is 1. The first kappa shape index (κ1) is 27.7. The molecule has 7 rings (SSSR count). The van der Waals surface area contributed by atoms with Gasteiger partial charge in [0, 0.05) is 36.6 Å². The van der Waals surface area contributed by atoms with E-state index in [0.29, 0.717) is 29.3 Å². The van der Waals surface area contributed by atoms with E-state index in [9.17, 15) is 9.18 Å². The lowest BCUT2D eigenvalue weighted by Gasteiger charge is -2.40. The van der Waals surface area contributed by atoms with E-state index in [1.165, 1.54) is 23.3 Å². The summed E-state index contributed by atoms with van der Waals surface area (Å²) in [6.07, 6.45) is 1.16. The molecule has 2 aromatic carbocycles. The summed E-state index contributed by atoms with van der Waals surface area (Å²) in [6, 6.07) is 16.1. The number of aryl methyl sites for hydroxylation is 2. The average Bonchev–Trinajstić information content (AvgIpc) is 3.49. The third-order valence-corrected chi connectivity index (χ3v) is 8.66. The highest BCUT2D eigenvalue weighted by Crippen LogP contribution is 2.39. The number of hydrogen-bond acceptors (Lipinski definition) is 5. The average molecular weight is 579 g/mol. The van der Waals surface area contributed by atoms with E-state index < -0.39 is 11.6 Å². The minimum atomic E-state index is -1.29. The predicted octanol–water partition coefficient (Wildman–Crippen LogP) is 4.17. The SMILES string of the molecule is [B]C1(N)C[C@@H](F)CN(C(=O)c2cc(OC)c3c(c2)nc(-c2cc4ccccc4n2CC2CC2)n3Cc2cc(C)nn2C)C1. The number of aromatic nitrogens is 5. The second-order valence-corrected chi connectivity index (χ2v) is 12.3. The molecule has 1 unspecified atom stereocenters. The van der Waals surface area contributed by atoms with Crippen LogP contribution < -0.4 is 10.5 Å². The minimum Gasteiger partial charge on any atom is -0.494 e. The van der Waals surface area contributed by atoms with E-state index in [-0.39, 0.29) is 25.4 Å². The number of piperidine rings is 1. The molecule has 5 aromatic rings. The van der Waals surface area contributed by atoms with Gasteiger partial charge >= 0.3 is 0 Å². The van der Waals surface area contributed by atoms with Gasteiger partial charge in [-0.15, -0.1) is 0 Å². The van der Waals surface area contributed by atoms with Gasteiger partial charge in [0.15, 0.2) is 5.82 Å². The quantitative estimate of drug-likeness (QED) is 0.292. The van der Waals surface area contributed by atoms with Crippen molar-refractivity contribution >= 4 is 35.7 Å². The van der Waals surface area contributed by atoms with Crippen molar-refractivity contribution in [2.45, 2.75) is 50.9 Å². The van der Waals surface area contributed by atoms with Crippen LogP contribution in [0.5, 0.6) is 5.75 Å². The number of benzene rings is 2. The lowest BCUT2D eigenvalue weighted by molar-refractivity contribution is 0.0574. The molecule has 1 aliphatic heterocycles. The van der Waals surface area contributed by atoms with E-state index in [1.807, 2.05) is 18.7 Å². The molecule has 43 heavy (non-hydrogen) atoms. The van der Waals surface area contributed by atoms with Crippen molar-refractivity contribution < 1.29 is 13.9 Å². The molecule has 2 fully saturated rings. The fourth-order valence-electron chi connectivity index (χ4n) is 6.52. The standard InChI is InChI=1S/C32H35BFN7O2/c1-19-10-24(38(2)37-19)17-41-29-25(11-22(13-28(29)43-3)31(42)39-16-23(34)14-32(33,35)18-39)36-30(41)27-12-21-6-4-5-7-26(21)40(27)15-20-8-9-20/h4-7,10-13,20,23H,8-9,14-18,35H2,1-3H3/t23-,32?/m1/s1. The van der Waals surface area contributed by atoms with Gasteiger partial charge in [-0.05, 0) is 67.9 Å². The number of likely N-dealkylation sites (tertiary alicyclic amines) is 1. The molecule has 2 N–H and O–H groups in total. The predicted molar refractivity (Wildman–Crippen MR) is 165 cm³/mol. The van der Waals surface area contributed by atoms with Crippen LogP contribution in [0.25, 0.3) is 33.5 Å². The largest absolute Gasteiger partial charge is 0.494 e. The van der Waals surface area contributed by atoms with Gasteiger partial charge in [-0.25, -0.2) is 9.37 Å². The maximum absolute atomic E-state index is 14.5. The normalized spacial score (nSPS) is 20.8. The van der Waals surface area contributed by atoms with Crippen molar-refractivity contribution in [3.8, 4) is 17.3 Å². The second kappa shape index (κ2) is 10.3. The van der Waals surface area contributed by atoms with Gasteiger partial charge in [-0.3, -0.25) is 9.48 Å². The molecule has 2 radical (unpaired) electrons. The third-order valence-electron chi connectivity index (χ3n) is 8.66. The van der Waals surface area contributed by atoms with Gasteiger partial charge < -0.3 is 24.5 Å². The van der Waals surface area contributed by atoms with Crippen LogP contribution in [0, 0.1) is 12.8 Å². The Morgan fingerprint density at radius 3 is 2.67 bits per heavy atom. The third kappa shape index (κ3) is 5.09. The Morgan fingerprint density at radius 2 is 1.98 bits per heavy atom. The second-order valence-electron chi connectivity index (χ2n) is 12.3. The number of hydrogen-bond donors (Lipinski definition) is 1. The van der Waals surface area contributed by atoms with Gasteiger partial charge in [0.2, 0.25) is 0 Å². The molecule has 2 aliphatic rings. The number of imidazole rings is 1. The van der Waals surface area contributed by atoms with Gasteiger partial charge in [0.05, 0.1) is 50.6 Å². The number of amides is 1. The zero-order valence-corrected chi connectivity index (χ0v) is 24.8. The number of ether oxygens (including phenoxy) is 1. The molecule has 0 spiro atoms. The molecule has 4 heterocycles. The number of nitrogens with two attached hydrogens (primary N) is 1. The van der Waals surface area contributed by atoms with Gasteiger partial charge in [-0.2, -0.15) is 5.10 Å². The number of rotatable bonds is 7. The molecule has 9 nitrogen and oxygen atoms in total. The van der Waals surface area contributed by atoms with Crippen molar-refractivity contribution in [1.29, 1.82) is 0 Å². The van der Waals surface area contributed by atoms with Crippen LogP contribution in [-0.4, -0.2) is 74.4 Å². The molecule has 11 heteroatoms. The molecule has 1 saturated heterocycles. The van der Waals surface area contributed by atoms with Crippen LogP contribution in [0.1, 0.15) is 41.0 Å². The van der Waals surface area contributed by atoms with Crippen molar-refractivity contribution in [3.05, 3.63) is 65.5 Å². The maximum Gasteiger partial charge on any atom is 0.254 e. The van der Waals surface area contributed by atoms with Gasteiger partial charge in [0.1, 0.15) is 17.4 Å². The number of methoxy groups -OCH3 is 1. The summed E-state index contributed by atoms with van der Waals surface area (Å²) in [7, 11) is 9.60. The highest BCUT2D eigenvalue weighted by atomic mass is 19.1. The lowest BCUT2D eigenvalue weighted by Crippen LogP contribution is -2.59. The Balaban J connectivity index is 1.42. The van der Waals surface area contributed by atoms with Gasteiger partial charge in [-0.1, -0.05) is 18.2 Å². The number of para-hydroxylation sites is 1. The van der Waals surface area contributed by atoms with Crippen LogP contribution in [0.4, 0.5) is 4.39 Å². The molecule has 220 valence electrons. The summed E-state index contributed by atoms with van der Waals surface area (Å²) in [6.45, 7) is 3.39. The molecule has 1 saturated carbocycles. The van der Waals surface area contributed by atoms with Crippen LogP contribution in [0.15, 0.2) is 48.5 Å². The first-order valence-electron chi connectivity index (χ1n) is 14.8. The van der Waals surface area contributed by atoms with E-state index in [4.69, 9.17) is 23.3 Å². The summed E-state index contributed by atoms with van der Waals surface area (Å²) in [5.41, 5.74) is 10.6. The van der Waals surface area contributed by atoms with Crippen molar-refractivity contribution in [1.82, 2.24) is 28.8 Å². The molecule has 3 aromatic heterocycles. The van der Waals surface area contributed by atoms with E-state index in [0.717, 1.165) is 40.4 Å². The Hall–Kier alpha value is -4.12. The summed E-state index contributed by atoms with van der Waals surface area (Å²) >= 11 is 0. The summed E-state index contributed by atoms with van der Waals surface area (Å²) in [4.78, 5) is 20.3. The topological polar surface area (TPSA) is 96.1 Å². The smallest absolute Gasteiger partial charge is 0.254 e. The van der Waals surface area contributed by atoms with Crippen LogP contribution in [0.2, 0.25) is 0 Å². The number of nitrogens with zero attached hydrogens (tertiary/aromatic N) is 6. The molecule has 0 bridgehead atoms. The first-order chi connectivity index (χ1) is 20.6. The van der Waals surface area contributed by atoms with Crippen molar-refractivity contribution in [2.24, 2.45) is 18.7 Å². The van der Waals surface area contributed by atoms with Gasteiger partial charge in [0.25, 0.3) is 5.91 Å². The Labute approximate surface area is 250 Å². The highest BCUT2D eigenvalue weighted by Gasteiger charge is 2.36. The van der Waals surface area contributed by atoms with Crippen LogP contribution >= 0.6 is 0 Å². The number of carbonyl (C=O) groups is 1. The van der Waals surface area contributed by atoms with E-state index in [2.05, 4.69) is 50.6 Å². The number of halogens is 1. The Morgan fingerprint density at radius 1 is 1.19 bits per heavy atom. The zero-order valence-electron chi connectivity index (χ0n) is 24.8. The lowest BCUT2D eigenvalue weighted by atomic mass is 9.72. The minimum absolute atomic E-state index is 0.00917. The molecule has 2 atom stereocenters. The van der Waals surface area contributed by atoms with Crippen LogP contribution in [-0.2, 0) is 20.1 Å². The molecular formula is C32H35BFN7O2. The van der Waals surface area contributed by atoms with E-state index in [1.54, 1.807) is 19.2 Å². The van der Waals surface area contributed by atoms with E-state index >= 15 is 0 Å². The zero-order chi connectivity index (χ0) is 30.0. The number of fused-ring (bicyclic) bond motifs is 2. The van der Waals surface area contributed by atoms with Crippen molar-refractivity contribution in [2.75, 3.05) is 20.2 Å². The fourth-order valence-corrected chi connectivity index (χ4v) is 6.52.